The van der Waals surface area contributed by atoms with E-state index >= 15 is 0 Å². The molecule has 0 bridgehead atoms. The van der Waals surface area contributed by atoms with Crippen LogP contribution in [0, 0.1) is 5.92 Å². The SMILES string of the molecule is CNc1ccccc1CC1=CC=CC1Cc1ccccc1NC. The molecule has 0 saturated carbocycles. The summed E-state index contributed by atoms with van der Waals surface area (Å²) in [6.07, 6.45) is 8.84. The van der Waals surface area contributed by atoms with Crippen molar-refractivity contribution in [1.29, 1.82) is 0 Å². The molecule has 1 aliphatic carbocycles. The van der Waals surface area contributed by atoms with Gasteiger partial charge >= 0.3 is 0 Å². The maximum atomic E-state index is 3.30. The molecule has 1 atom stereocenters. The van der Waals surface area contributed by atoms with E-state index in [1.54, 1.807) is 0 Å². The van der Waals surface area contributed by atoms with Gasteiger partial charge in [-0.15, -0.1) is 0 Å². The number of benzene rings is 2. The Morgan fingerprint density at radius 1 is 0.826 bits per heavy atom. The molecule has 0 heterocycles. The van der Waals surface area contributed by atoms with Crippen molar-refractivity contribution < 1.29 is 0 Å². The molecule has 0 radical (unpaired) electrons. The molecule has 2 heteroatoms. The van der Waals surface area contributed by atoms with Gasteiger partial charge in [-0.3, -0.25) is 0 Å². The van der Waals surface area contributed by atoms with Gasteiger partial charge in [-0.05, 0) is 36.1 Å². The Labute approximate surface area is 138 Å². The van der Waals surface area contributed by atoms with E-state index in [0.29, 0.717) is 5.92 Å². The maximum absolute atomic E-state index is 3.30. The minimum Gasteiger partial charge on any atom is -0.388 e. The van der Waals surface area contributed by atoms with Crippen molar-refractivity contribution in [2.45, 2.75) is 12.8 Å². The molecule has 0 spiro atoms. The summed E-state index contributed by atoms with van der Waals surface area (Å²) >= 11 is 0. The average molecular weight is 304 g/mol. The number of allylic oxidation sites excluding steroid dienone is 4. The Kier molecular flexibility index (Phi) is 4.82. The molecule has 118 valence electrons. The van der Waals surface area contributed by atoms with Gasteiger partial charge in [0, 0.05) is 31.4 Å². The minimum absolute atomic E-state index is 0.481. The van der Waals surface area contributed by atoms with Crippen molar-refractivity contribution in [1.82, 2.24) is 0 Å². The molecule has 0 amide bonds. The Balaban J connectivity index is 1.76. The lowest BCUT2D eigenvalue weighted by molar-refractivity contribution is 0.743. The van der Waals surface area contributed by atoms with Crippen molar-refractivity contribution in [3.8, 4) is 0 Å². The van der Waals surface area contributed by atoms with Gasteiger partial charge in [0.15, 0.2) is 0 Å². The highest BCUT2D eigenvalue weighted by molar-refractivity contribution is 5.54. The summed E-state index contributed by atoms with van der Waals surface area (Å²) in [4.78, 5) is 0. The molecule has 0 saturated heterocycles. The molecular weight excluding hydrogens is 280 g/mol. The van der Waals surface area contributed by atoms with E-state index in [1.807, 2.05) is 14.1 Å². The van der Waals surface area contributed by atoms with Gasteiger partial charge in [-0.1, -0.05) is 60.2 Å². The number of anilines is 2. The topological polar surface area (TPSA) is 24.1 Å². The molecule has 2 aromatic rings. The fraction of sp³-hybridized carbons (Fsp3) is 0.238. The Morgan fingerprint density at radius 3 is 2.13 bits per heavy atom. The lowest BCUT2D eigenvalue weighted by Crippen LogP contribution is -2.08. The highest BCUT2D eigenvalue weighted by Crippen LogP contribution is 2.30. The van der Waals surface area contributed by atoms with Crippen LogP contribution in [0.4, 0.5) is 11.4 Å². The van der Waals surface area contributed by atoms with Gasteiger partial charge in [-0.2, -0.15) is 0 Å². The smallest absolute Gasteiger partial charge is 0.0373 e. The van der Waals surface area contributed by atoms with E-state index in [0.717, 1.165) is 12.8 Å². The van der Waals surface area contributed by atoms with Gasteiger partial charge in [0.05, 0.1) is 0 Å². The second-order valence-electron chi connectivity index (χ2n) is 5.93. The number of para-hydroxylation sites is 2. The molecule has 0 fully saturated rings. The van der Waals surface area contributed by atoms with Crippen LogP contribution in [0.3, 0.4) is 0 Å². The predicted octanol–water partition coefficient (Wildman–Crippen LogP) is 4.67. The third-order valence-corrected chi connectivity index (χ3v) is 4.54. The zero-order valence-electron chi connectivity index (χ0n) is 13.8. The fourth-order valence-electron chi connectivity index (χ4n) is 3.27. The summed E-state index contributed by atoms with van der Waals surface area (Å²) in [5.74, 6) is 0.481. The normalized spacial score (nSPS) is 16.3. The zero-order chi connectivity index (χ0) is 16.1. The number of hydrogen-bond acceptors (Lipinski definition) is 2. The maximum Gasteiger partial charge on any atom is 0.0373 e. The van der Waals surface area contributed by atoms with Crippen molar-refractivity contribution in [3.05, 3.63) is 83.5 Å². The lowest BCUT2D eigenvalue weighted by Gasteiger charge is -2.18. The van der Waals surface area contributed by atoms with Crippen molar-refractivity contribution in [2.75, 3.05) is 24.7 Å². The first-order valence-corrected chi connectivity index (χ1v) is 8.20. The zero-order valence-corrected chi connectivity index (χ0v) is 13.8. The highest BCUT2D eigenvalue weighted by Gasteiger charge is 2.18. The largest absolute Gasteiger partial charge is 0.388 e. The Hall–Kier alpha value is -2.48. The summed E-state index contributed by atoms with van der Waals surface area (Å²) in [6.45, 7) is 0. The van der Waals surface area contributed by atoms with Crippen molar-refractivity contribution in [2.24, 2.45) is 5.92 Å². The second kappa shape index (κ2) is 7.19. The molecule has 1 unspecified atom stereocenters. The van der Waals surface area contributed by atoms with E-state index in [4.69, 9.17) is 0 Å². The minimum atomic E-state index is 0.481. The highest BCUT2D eigenvalue weighted by atomic mass is 14.8. The molecule has 23 heavy (non-hydrogen) atoms. The van der Waals surface area contributed by atoms with E-state index in [9.17, 15) is 0 Å². The fourth-order valence-corrected chi connectivity index (χ4v) is 3.27. The Morgan fingerprint density at radius 2 is 1.43 bits per heavy atom. The van der Waals surface area contributed by atoms with Crippen LogP contribution in [0.25, 0.3) is 0 Å². The first-order valence-electron chi connectivity index (χ1n) is 8.20. The van der Waals surface area contributed by atoms with Gasteiger partial charge in [-0.25, -0.2) is 0 Å². The number of nitrogens with one attached hydrogen (secondary N) is 2. The third-order valence-electron chi connectivity index (χ3n) is 4.54. The molecule has 2 nitrogen and oxygen atoms in total. The van der Waals surface area contributed by atoms with Crippen molar-refractivity contribution in [3.63, 3.8) is 0 Å². The molecule has 0 aromatic heterocycles. The summed E-state index contributed by atoms with van der Waals surface area (Å²) in [7, 11) is 3.98. The van der Waals surface area contributed by atoms with E-state index in [-0.39, 0.29) is 0 Å². The molecule has 2 N–H and O–H groups in total. The van der Waals surface area contributed by atoms with E-state index in [1.165, 1.54) is 28.1 Å². The van der Waals surface area contributed by atoms with Gasteiger partial charge in [0.1, 0.15) is 0 Å². The number of hydrogen-bond donors (Lipinski definition) is 2. The standard InChI is InChI=1S/C21H24N2/c1-22-20-12-5-3-8-18(20)14-16-10-7-11-17(16)15-19-9-4-6-13-21(19)23-2/h3-13,16,22-23H,14-15H2,1-2H3. The number of rotatable bonds is 6. The third kappa shape index (κ3) is 3.48. The predicted molar refractivity (Wildman–Crippen MR) is 100 cm³/mol. The molecule has 3 rings (SSSR count). The van der Waals surface area contributed by atoms with Crippen LogP contribution >= 0.6 is 0 Å². The van der Waals surface area contributed by atoms with Crippen LogP contribution in [0.2, 0.25) is 0 Å². The first-order chi connectivity index (χ1) is 11.3. The summed E-state index contributed by atoms with van der Waals surface area (Å²) in [5.41, 5.74) is 6.66. The quantitative estimate of drug-likeness (QED) is 0.810. The molecular formula is C21H24N2. The monoisotopic (exact) mass is 304 g/mol. The lowest BCUT2D eigenvalue weighted by atomic mass is 9.89. The van der Waals surface area contributed by atoms with Crippen molar-refractivity contribution >= 4 is 11.4 Å². The van der Waals surface area contributed by atoms with E-state index < -0.39 is 0 Å². The van der Waals surface area contributed by atoms with Crippen LogP contribution < -0.4 is 10.6 Å². The van der Waals surface area contributed by atoms with Gasteiger partial charge in [0.25, 0.3) is 0 Å². The summed E-state index contributed by atoms with van der Waals surface area (Å²) in [5, 5.41) is 6.59. The van der Waals surface area contributed by atoms with Crippen LogP contribution in [0.5, 0.6) is 0 Å². The second-order valence-corrected chi connectivity index (χ2v) is 5.93. The van der Waals surface area contributed by atoms with Crippen LogP contribution in [-0.4, -0.2) is 14.1 Å². The molecule has 1 aliphatic rings. The van der Waals surface area contributed by atoms with Crippen LogP contribution in [-0.2, 0) is 12.8 Å². The van der Waals surface area contributed by atoms with Gasteiger partial charge < -0.3 is 10.6 Å². The van der Waals surface area contributed by atoms with E-state index in [2.05, 4.69) is 77.4 Å². The van der Waals surface area contributed by atoms with Crippen LogP contribution in [0.1, 0.15) is 11.1 Å². The van der Waals surface area contributed by atoms with Gasteiger partial charge in [0.2, 0.25) is 0 Å². The Bertz CT molecular complexity index is 728. The first kappa shape index (κ1) is 15.4. The summed E-state index contributed by atoms with van der Waals surface area (Å²) in [6, 6.07) is 17.1. The average Bonchev–Trinajstić information content (AvgIpc) is 3.03. The molecule has 0 aliphatic heterocycles. The summed E-state index contributed by atoms with van der Waals surface area (Å²) < 4.78 is 0. The molecule has 2 aromatic carbocycles. The van der Waals surface area contributed by atoms with Crippen LogP contribution in [0.15, 0.2) is 72.3 Å².